The minimum Gasteiger partial charge on any atom is -0.355 e. The van der Waals surface area contributed by atoms with E-state index in [1.165, 1.54) is 89.5 Å². The molecular weight excluding hydrogens is 532 g/mol. The first-order chi connectivity index (χ1) is 20.8. The maximum absolute atomic E-state index is 3.80. The fourth-order valence-electron chi connectivity index (χ4n) is 9.14. The number of hydrogen-bond acceptors (Lipinski definition) is 2. The van der Waals surface area contributed by atoms with Crippen LogP contribution in [0.2, 0.25) is 0 Å². The summed E-state index contributed by atoms with van der Waals surface area (Å²) < 4.78 is 0. The molecule has 9 rings (SSSR count). The number of para-hydroxylation sites is 2. The molecule has 44 heavy (non-hydrogen) atoms. The van der Waals surface area contributed by atoms with Crippen molar-refractivity contribution in [3.63, 3.8) is 0 Å². The predicted molar refractivity (Wildman–Crippen MR) is 185 cm³/mol. The van der Waals surface area contributed by atoms with E-state index in [0.29, 0.717) is 0 Å². The van der Waals surface area contributed by atoms with Crippen LogP contribution in [0.4, 0.5) is 22.7 Å². The molecule has 2 heterocycles. The van der Waals surface area contributed by atoms with Crippen molar-refractivity contribution in [3.8, 4) is 22.3 Å². The Hall–Kier alpha value is -4.30. The Morgan fingerprint density at radius 2 is 0.614 bits per heavy atom. The number of hydrogen-bond donors (Lipinski definition) is 2. The highest BCUT2D eigenvalue weighted by molar-refractivity contribution is 5.93. The van der Waals surface area contributed by atoms with Gasteiger partial charge < -0.3 is 10.6 Å². The van der Waals surface area contributed by atoms with Gasteiger partial charge in [0.15, 0.2) is 0 Å². The molecule has 0 unspecified atom stereocenters. The summed E-state index contributed by atoms with van der Waals surface area (Å²) in [6.07, 6.45) is 0. The second kappa shape index (κ2) is 7.85. The van der Waals surface area contributed by atoms with Crippen LogP contribution >= 0.6 is 0 Å². The Bertz CT molecular complexity index is 1970. The third-order valence-corrected chi connectivity index (χ3v) is 11.8. The summed E-state index contributed by atoms with van der Waals surface area (Å²) in [5.41, 5.74) is 21.3. The van der Waals surface area contributed by atoms with E-state index in [0.717, 1.165) is 0 Å². The lowest BCUT2D eigenvalue weighted by atomic mass is 9.72. The number of rotatable bonds is 0. The minimum absolute atomic E-state index is 0.0816. The van der Waals surface area contributed by atoms with Crippen molar-refractivity contribution in [1.29, 1.82) is 0 Å². The second-order valence-electron chi connectivity index (χ2n) is 15.7. The van der Waals surface area contributed by atoms with E-state index in [-0.39, 0.29) is 21.7 Å². The van der Waals surface area contributed by atoms with Gasteiger partial charge in [0.2, 0.25) is 0 Å². The molecule has 2 N–H and O–H groups in total. The van der Waals surface area contributed by atoms with Gasteiger partial charge in [0.05, 0.1) is 0 Å². The van der Waals surface area contributed by atoms with E-state index in [2.05, 4.69) is 151 Å². The summed E-state index contributed by atoms with van der Waals surface area (Å²) in [5, 5.41) is 7.60. The first-order valence-electron chi connectivity index (χ1n) is 16.1. The van der Waals surface area contributed by atoms with Gasteiger partial charge in [-0.25, -0.2) is 0 Å². The van der Waals surface area contributed by atoms with Crippen LogP contribution in [0, 0.1) is 0 Å². The van der Waals surface area contributed by atoms with Crippen LogP contribution in [0.25, 0.3) is 22.3 Å². The third kappa shape index (κ3) is 3.02. The van der Waals surface area contributed by atoms with Crippen LogP contribution in [0.15, 0.2) is 84.9 Å². The van der Waals surface area contributed by atoms with Crippen molar-refractivity contribution in [2.75, 3.05) is 10.6 Å². The van der Waals surface area contributed by atoms with Crippen molar-refractivity contribution in [1.82, 2.24) is 0 Å². The highest BCUT2D eigenvalue weighted by atomic mass is 14.9. The summed E-state index contributed by atoms with van der Waals surface area (Å²) in [5.74, 6) is 0. The first kappa shape index (κ1) is 26.1. The van der Waals surface area contributed by atoms with Crippen LogP contribution in [0.3, 0.4) is 0 Å². The molecule has 0 bridgehead atoms. The van der Waals surface area contributed by atoms with Gasteiger partial charge in [-0.1, -0.05) is 91.8 Å². The van der Waals surface area contributed by atoms with Gasteiger partial charge in [-0.15, -0.1) is 0 Å². The molecule has 5 aromatic rings. The Kier molecular flexibility index (Phi) is 4.66. The Labute approximate surface area is 261 Å². The molecule has 0 fully saturated rings. The van der Waals surface area contributed by atoms with Crippen molar-refractivity contribution >= 4 is 22.7 Å². The van der Waals surface area contributed by atoms with Crippen molar-refractivity contribution < 1.29 is 0 Å². The molecule has 2 nitrogen and oxygen atoms in total. The van der Waals surface area contributed by atoms with E-state index in [9.17, 15) is 0 Å². The van der Waals surface area contributed by atoms with Crippen LogP contribution in [0.5, 0.6) is 0 Å². The zero-order valence-corrected chi connectivity index (χ0v) is 27.1. The molecule has 0 saturated carbocycles. The molecule has 0 aromatic heterocycles. The summed E-state index contributed by atoms with van der Waals surface area (Å²) in [6.45, 7) is 19.1. The fourth-order valence-corrected chi connectivity index (χ4v) is 9.14. The molecule has 2 heteroatoms. The summed E-state index contributed by atoms with van der Waals surface area (Å²) in [6, 6.07) is 32.6. The summed E-state index contributed by atoms with van der Waals surface area (Å²) in [4.78, 5) is 0. The van der Waals surface area contributed by atoms with Gasteiger partial charge in [0.1, 0.15) is 0 Å². The van der Waals surface area contributed by atoms with Crippen LogP contribution < -0.4 is 10.6 Å². The number of benzene rings is 5. The van der Waals surface area contributed by atoms with E-state index < -0.39 is 0 Å². The molecule has 0 amide bonds. The van der Waals surface area contributed by atoms with Crippen LogP contribution in [-0.4, -0.2) is 0 Å². The molecule has 2 aliphatic carbocycles. The van der Waals surface area contributed by atoms with Crippen LogP contribution in [-0.2, 0) is 21.7 Å². The summed E-state index contributed by atoms with van der Waals surface area (Å²) >= 11 is 0. The summed E-state index contributed by atoms with van der Waals surface area (Å²) in [7, 11) is 0. The molecule has 218 valence electrons. The standard InChI is InChI=1S/C42H40N2/c1-39(2)27-13-9-11-15-35(27)43-37-21-31-25(19-33(37)39)23-17-30-24(18-29(23)41(31,5)6)26-20-34-38(22-32(26)42(30,7)8)44-36-16-12-10-14-28(36)40(34,3)4/h9-22,43-44H,1-8H3. The van der Waals surface area contributed by atoms with Crippen molar-refractivity contribution in [2.45, 2.75) is 77.0 Å². The second-order valence-corrected chi connectivity index (χ2v) is 15.7. The van der Waals surface area contributed by atoms with Crippen molar-refractivity contribution in [3.05, 3.63) is 129 Å². The molecular formula is C42H40N2. The molecule has 0 atom stereocenters. The first-order valence-corrected chi connectivity index (χ1v) is 16.1. The normalized spacial score (nSPS) is 19.1. The third-order valence-electron chi connectivity index (χ3n) is 11.8. The maximum atomic E-state index is 3.80. The molecule has 0 radical (unpaired) electrons. The SMILES string of the molecule is CC1(C)c2ccccc2Nc2cc3c(cc21)-c1cc2c(cc1C3(C)C)-c1cc3c(cc1C2(C)C)Nc1ccccc1C3(C)C. The lowest BCUT2D eigenvalue weighted by Crippen LogP contribution is -2.26. The molecule has 5 aromatic carbocycles. The zero-order valence-electron chi connectivity index (χ0n) is 27.1. The van der Waals surface area contributed by atoms with Gasteiger partial charge in [-0.2, -0.15) is 0 Å². The van der Waals surface area contributed by atoms with Crippen molar-refractivity contribution in [2.24, 2.45) is 0 Å². The quantitative estimate of drug-likeness (QED) is 0.193. The fraction of sp³-hybridized carbons (Fsp3) is 0.286. The van der Waals surface area contributed by atoms with Crippen LogP contribution in [0.1, 0.15) is 99.9 Å². The van der Waals surface area contributed by atoms with Gasteiger partial charge in [0, 0.05) is 44.4 Å². The number of anilines is 4. The highest BCUT2D eigenvalue weighted by Crippen LogP contribution is 2.60. The lowest BCUT2D eigenvalue weighted by molar-refractivity contribution is 0.632. The zero-order chi connectivity index (χ0) is 30.6. The maximum Gasteiger partial charge on any atom is 0.0429 e. The monoisotopic (exact) mass is 572 g/mol. The van der Waals surface area contributed by atoms with Gasteiger partial charge >= 0.3 is 0 Å². The Balaban J connectivity index is 1.24. The largest absolute Gasteiger partial charge is 0.355 e. The topological polar surface area (TPSA) is 24.1 Å². The number of nitrogens with one attached hydrogen (secondary N) is 2. The van der Waals surface area contributed by atoms with E-state index >= 15 is 0 Å². The Morgan fingerprint density at radius 3 is 1.00 bits per heavy atom. The predicted octanol–water partition coefficient (Wildman–Crippen LogP) is 11.1. The molecule has 0 spiro atoms. The van der Waals surface area contributed by atoms with Gasteiger partial charge in [-0.3, -0.25) is 0 Å². The van der Waals surface area contributed by atoms with Gasteiger partial charge in [0.25, 0.3) is 0 Å². The molecule has 0 saturated heterocycles. The van der Waals surface area contributed by atoms with E-state index in [1.54, 1.807) is 0 Å². The Morgan fingerprint density at radius 1 is 0.318 bits per heavy atom. The smallest absolute Gasteiger partial charge is 0.0429 e. The average molecular weight is 573 g/mol. The highest BCUT2D eigenvalue weighted by Gasteiger charge is 2.45. The minimum atomic E-state index is -0.0988. The molecule has 4 aliphatic rings. The van der Waals surface area contributed by atoms with E-state index in [1.807, 2.05) is 0 Å². The average Bonchev–Trinajstić information content (AvgIpc) is 3.33. The van der Waals surface area contributed by atoms with E-state index in [4.69, 9.17) is 0 Å². The lowest BCUT2D eigenvalue weighted by Gasteiger charge is -2.37. The van der Waals surface area contributed by atoms with Gasteiger partial charge in [-0.05, 0) is 115 Å². The number of fused-ring (bicyclic) bond motifs is 10. The molecule has 2 aliphatic heterocycles.